The van der Waals surface area contributed by atoms with Crippen LogP contribution in [-0.2, 0) is 6.42 Å². The molecule has 2 rings (SSSR count). The summed E-state index contributed by atoms with van der Waals surface area (Å²) in [5.74, 6) is -1.02. The average molecular weight is 190 g/mol. The highest BCUT2D eigenvalue weighted by Crippen LogP contribution is 2.23. The standard InChI is InChI=1S/C11H10O3/c1-2-7-4-3-5-9-8(7)6-10(14-9)11(12)13/h3-6H,2H2,1H3,(H,12,13). The molecule has 0 saturated carbocycles. The van der Waals surface area contributed by atoms with Gasteiger partial charge in [0.05, 0.1) is 0 Å². The van der Waals surface area contributed by atoms with Gasteiger partial charge in [-0.15, -0.1) is 0 Å². The van der Waals surface area contributed by atoms with Crippen LogP contribution in [0.5, 0.6) is 0 Å². The van der Waals surface area contributed by atoms with Gasteiger partial charge in [0, 0.05) is 5.39 Å². The molecule has 0 saturated heterocycles. The van der Waals surface area contributed by atoms with Crippen molar-refractivity contribution in [3.05, 3.63) is 35.6 Å². The van der Waals surface area contributed by atoms with Gasteiger partial charge in [-0.2, -0.15) is 0 Å². The van der Waals surface area contributed by atoms with E-state index in [9.17, 15) is 4.79 Å². The summed E-state index contributed by atoms with van der Waals surface area (Å²) in [7, 11) is 0. The number of rotatable bonds is 2. The zero-order valence-corrected chi connectivity index (χ0v) is 7.78. The first-order valence-corrected chi connectivity index (χ1v) is 4.47. The van der Waals surface area contributed by atoms with E-state index in [0.29, 0.717) is 5.58 Å². The Bertz CT molecular complexity index is 482. The molecule has 0 radical (unpaired) electrons. The van der Waals surface area contributed by atoms with Gasteiger partial charge in [0.15, 0.2) is 0 Å². The predicted molar refractivity (Wildman–Crippen MR) is 52.6 cm³/mol. The third-order valence-corrected chi connectivity index (χ3v) is 2.24. The van der Waals surface area contributed by atoms with Gasteiger partial charge in [0.2, 0.25) is 5.76 Å². The van der Waals surface area contributed by atoms with Crippen LogP contribution in [0.15, 0.2) is 28.7 Å². The largest absolute Gasteiger partial charge is 0.475 e. The molecule has 0 aliphatic heterocycles. The first-order valence-electron chi connectivity index (χ1n) is 4.47. The Morgan fingerprint density at radius 2 is 2.29 bits per heavy atom. The smallest absolute Gasteiger partial charge is 0.371 e. The number of aryl methyl sites for hydroxylation is 1. The summed E-state index contributed by atoms with van der Waals surface area (Å²) in [5, 5.41) is 9.65. The quantitative estimate of drug-likeness (QED) is 0.792. The molecule has 72 valence electrons. The van der Waals surface area contributed by atoms with Crippen LogP contribution in [0.3, 0.4) is 0 Å². The Morgan fingerprint density at radius 1 is 1.50 bits per heavy atom. The molecule has 0 spiro atoms. The van der Waals surface area contributed by atoms with Gasteiger partial charge in [0.1, 0.15) is 5.58 Å². The van der Waals surface area contributed by atoms with Crippen LogP contribution < -0.4 is 0 Å². The van der Waals surface area contributed by atoms with Crippen LogP contribution in [0, 0.1) is 0 Å². The Morgan fingerprint density at radius 3 is 2.93 bits per heavy atom. The van der Waals surface area contributed by atoms with Crippen LogP contribution in [0.4, 0.5) is 0 Å². The highest BCUT2D eigenvalue weighted by Gasteiger charge is 2.11. The van der Waals surface area contributed by atoms with E-state index in [4.69, 9.17) is 9.52 Å². The molecule has 3 heteroatoms. The van der Waals surface area contributed by atoms with Crippen LogP contribution in [-0.4, -0.2) is 11.1 Å². The van der Waals surface area contributed by atoms with Crippen molar-refractivity contribution in [2.75, 3.05) is 0 Å². The molecule has 1 heterocycles. The first kappa shape index (κ1) is 8.81. The number of aromatic carboxylic acids is 1. The van der Waals surface area contributed by atoms with Crippen LogP contribution in [0.25, 0.3) is 11.0 Å². The minimum Gasteiger partial charge on any atom is -0.475 e. The van der Waals surface area contributed by atoms with Gasteiger partial charge in [-0.1, -0.05) is 19.1 Å². The second kappa shape index (κ2) is 3.18. The van der Waals surface area contributed by atoms with E-state index in [1.54, 1.807) is 12.1 Å². The van der Waals surface area contributed by atoms with E-state index in [0.717, 1.165) is 17.4 Å². The number of carboxylic acids is 1. The molecule has 0 aliphatic carbocycles. The van der Waals surface area contributed by atoms with Crippen molar-refractivity contribution < 1.29 is 14.3 Å². The number of furan rings is 1. The maximum Gasteiger partial charge on any atom is 0.371 e. The molecule has 1 aromatic carbocycles. The normalized spacial score (nSPS) is 10.6. The molecule has 0 aliphatic rings. The minimum atomic E-state index is -1.02. The first-order chi connectivity index (χ1) is 6.72. The van der Waals surface area contributed by atoms with E-state index in [1.807, 2.05) is 19.1 Å². The number of carboxylic acid groups (broad SMARTS) is 1. The topological polar surface area (TPSA) is 50.4 Å². The molecular weight excluding hydrogens is 180 g/mol. The Labute approximate surface area is 81.0 Å². The van der Waals surface area contributed by atoms with Gasteiger partial charge < -0.3 is 9.52 Å². The van der Waals surface area contributed by atoms with Crippen LogP contribution >= 0.6 is 0 Å². The molecule has 0 unspecified atom stereocenters. The van der Waals surface area contributed by atoms with Crippen molar-refractivity contribution in [3.63, 3.8) is 0 Å². The summed E-state index contributed by atoms with van der Waals surface area (Å²) in [4.78, 5) is 10.7. The number of hydrogen-bond acceptors (Lipinski definition) is 2. The summed E-state index contributed by atoms with van der Waals surface area (Å²) in [6.07, 6.45) is 0.871. The third-order valence-electron chi connectivity index (χ3n) is 2.24. The highest BCUT2D eigenvalue weighted by molar-refractivity contribution is 5.92. The lowest BCUT2D eigenvalue weighted by molar-refractivity contribution is 0.0665. The zero-order valence-electron chi connectivity index (χ0n) is 7.78. The van der Waals surface area contributed by atoms with Crippen molar-refractivity contribution in [3.8, 4) is 0 Å². The number of benzene rings is 1. The lowest BCUT2D eigenvalue weighted by atomic mass is 10.1. The van der Waals surface area contributed by atoms with Crippen LogP contribution in [0.2, 0.25) is 0 Å². The van der Waals surface area contributed by atoms with Crippen molar-refractivity contribution >= 4 is 16.9 Å². The van der Waals surface area contributed by atoms with E-state index in [2.05, 4.69) is 0 Å². The van der Waals surface area contributed by atoms with Crippen molar-refractivity contribution in [2.24, 2.45) is 0 Å². The SMILES string of the molecule is CCc1cccc2oc(C(=O)O)cc12. The maximum atomic E-state index is 10.7. The molecule has 3 nitrogen and oxygen atoms in total. The summed E-state index contributed by atoms with van der Waals surface area (Å²) in [6.45, 7) is 2.03. The Hall–Kier alpha value is -1.77. The lowest BCUT2D eigenvalue weighted by Crippen LogP contribution is -1.91. The summed E-state index contributed by atoms with van der Waals surface area (Å²) in [6, 6.07) is 7.21. The minimum absolute atomic E-state index is 0.000833. The third kappa shape index (κ3) is 1.27. The zero-order chi connectivity index (χ0) is 10.1. The second-order valence-corrected chi connectivity index (χ2v) is 3.10. The van der Waals surface area contributed by atoms with Gasteiger partial charge in [-0.3, -0.25) is 0 Å². The molecule has 0 bridgehead atoms. The van der Waals surface area contributed by atoms with Gasteiger partial charge in [0.25, 0.3) is 0 Å². The predicted octanol–water partition coefficient (Wildman–Crippen LogP) is 2.69. The maximum absolute atomic E-state index is 10.7. The fraction of sp³-hybridized carbons (Fsp3) is 0.182. The van der Waals surface area contributed by atoms with Crippen molar-refractivity contribution in [1.29, 1.82) is 0 Å². The van der Waals surface area contributed by atoms with Crippen LogP contribution in [0.1, 0.15) is 23.0 Å². The molecule has 2 aromatic rings. The summed E-state index contributed by atoms with van der Waals surface area (Å²) >= 11 is 0. The van der Waals surface area contributed by atoms with E-state index >= 15 is 0 Å². The summed E-state index contributed by atoms with van der Waals surface area (Å²) in [5.41, 5.74) is 1.75. The van der Waals surface area contributed by atoms with E-state index in [-0.39, 0.29) is 5.76 Å². The van der Waals surface area contributed by atoms with E-state index in [1.165, 1.54) is 0 Å². The molecule has 14 heavy (non-hydrogen) atoms. The van der Waals surface area contributed by atoms with Gasteiger partial charge >= 0.3 is 5.97 Å². The molecule has 0 fully saturated rings. The molecular formula is C11H10O3. The fourth-order valence-electron chi connectivity index (χ4n) is 1.54. The summed E-state index contributed by atoms with van der Waals surface area (Å²) < 4.78 is 5.17. The monoisotopic (exact) mass is 190 g/mol. The Balaban J connectivity index is 2.70. The highest BCUT2D eigenvalue weighted by atomic mass is 16.4. The molecule has 0 atom stereocenters. The average Bonchev–Trinajstić information content (AvgIpc) is 2.60. The number of fused-ring (bicyclic) bond motifs is 1. The second-order valence-electron chi connectivity index (χ2n) is 3.10. The molecule has 1 aromatic heterocycles. The fourth-order valence-corrected chi connectivity index (χ4v) is 1.54. The molecule has 0 amide bonds. The lowest BCUT2D eigenvalue weighted by Gasteiger charge is -1.95. The number of hydrogen-bond donors (Lipinski definition) is 1. The van der Waals surface area contributed by atoms with Gasteiger partial charge in [-0.25, -0.2) is 4.79 Å². The van der Waals surface area contributed by atoms with Crippen molar-refractivity contribution in [2.45, 2.75) is 13.3 Å². The van der Waals surface area contributed by atoms with E-state index < -0.39 is 5.97 Å². The number of carbonyl (C=O) groups is 1. The molecule has 1 N–H and O–H groups in total. The Kier molecular flexibility index (Phi) is 2.00. The van der Waals surface area contributed by atoms with Gasteiger partial charge in [-0.05, 0) is 24.1 Å². The van der Waals surface area contributed by atoms with Crippen molar-refractivity contribution in [1.82, 2.24) is 0 Å².